The van der Waals surface area contributed by atoms with Crippen molar-refractivity contribution in [1.29, 1.82) is 0 Å². The quantitative estimate of drug-likeness (QED) is 0.826. The van der Waals surface area contributed by atoms with E-state index in [1.807, 2.05) is 12.4 Å². The van der Waals surface area contributed by atoms with Crippen LogP contribution < -0.4 is 0 Å². The molecule has 0 amide bonds. The van der Waals surface area contributed by atoms with Gasteiger partial charge in [-0.1, -0.05) is 43.7 Å². The monoisotopic (exact) mass is 280 g/mol. The Kier molecular flexibility index (Phi) is 4.66. The van der Waals surface area contributed by atoms with Crippen molar-refractivity contribution in [2.75, 3.05) is 6.54 Å². The first-order chi connectivity index (χ1) is 10.4. The molecule has 3 rings (SSSR count). The molecule has 2 heterocycles. The summed E-state index contributed by atoms with van der Waals surface area (Å²) in [6, 6.07) is 13.9. The molecule has 0 N–H and O–H groups in total. The van der Waals surface area contributed by atoms with Gasteiger partial charge in [0.05, 0.1) is 0 Å². The van der Waals surface area contributed by atoms with Crippen molar-refractivity contribution in [1.82, 2.24) is 9.88 Å². The summed E-state index contributed by atoms with van der Waals surface area (Å²) in [6.45, 7) is 4.44. The summed E-state index contributed by atoms with van der Waals surface area (Å²) in [5.41, 5.74) is 4.20. The van der Waals surface area contributed by atoms with Crippen LogP contribution in [0.2, 0.25) is 0 Å². The largest absolute Gasteiger partial charge is 0.292 e. The highest BCUT2D eigenvalue weighted by atomic mass is 15.2. The summed E-state index contributed by atoms with van der Waals surface area (Å²) >= 11 is 0. The smallest absolute Gasteiger partial charge is 0.0366 e. The molecule has 2 heteroatoms. The number of hydrogen-bond donors (Lipinski definition) is 0. The van der Waals surface area contributed by atoms with Crippen LogP contribution in [0, 0.1) is 0 Å². The van der Waals surface area contributed by atoms with Crippen LogP contribution >= 0.6 is 0 Å². The molecular formula is C19H24N2. The maximum Gasteiger partial charge on any atom is 0.0366 e. The third kappa shape index (κ3) is 3.51. The maximum atomic E-state index is 4.30. The Morgan fingerprint density at radius 3 is 2.62 bits per heavy atom. The first-order valence-electron chi connectivity index (χ1n) is 8.08. The molecular weight excluding hydrogens is 256 g/mol. The van der Waals surface area contributed by atoms with Gasteiger partial charge in [0.15, 0.2) is 0 Å². The zero-order valence-electron chi connectivity index (χ0n) is 12.8. The second-order valence-electron chi connectivity index (χ2n) is 5.94. The van der Waals surface area contributed by atoms with Gasteiger partial charge in [0, 0.05) is 25.0 Å². The van der Waals surface area contributed by atoms with E-state index in [1.165, 1.54) is 42.5 Å². The summed E-state index contributed by atoms with van der Waals surface area (Å²) < 4.78 is 0. The molecule has 1 aliphatic rings. The van der Waals surface area contributed by atoms with Crippen LogP contribution in [-0.4, -0.2) is 16.4 Å². The fraction of sp³-hybridized carbons (Fsp3) is 0.421. The number of benzene rings is 1. The summed E-state index contributed by atoms with van der Waals surface area (Å²) in [6.07, 6.45) is 8.89. The van der Waals surface area contributed by atoms with Crippen molar-refractivity contribution >= 4 is 0 Å². The normalized spacial score (nSPS) is 19.6. The number of rotatable bonds is 4. The van der Waals surface area contributed by atoms with E-state index in [4.69, 9.17) is 0 Å². The molecule has 1 fully saturated rings. The number of nitrogens with zero attached hydrogens (tertiary/aromatic N) is 2. The summed E-state index contributed by atoms with van der Waals surface area (Å²) in [5.74, 6) is 0. The number of hydrogen-bond acceptors (Lipinski definition) is 2. The van der Waals surface area contributed by atoms with Crippen LogP contribution in [0.15, 0.2) is 48.8 Å². The van der Waals surface area contributed by atoms with Gasteiger partial charge in [-0.25, -0.2) is 0 Å². The molecule has 2 nitrogen and oxygen atoms in total. The number of aromatic nitrogens is 1. The van der Waals surface area contributed by atoms with E-state index in [9.17, 15) is 0 Å². The van der Waals surface area contributed by atoms with Gasteiger partial charge >= 0.3 is 0 Å². The van der Waals surface area contributed by atoms with Crippen molar-refractivity contribution in [2.24, 2.45) is 0 Å². The average molecular weight is 280 g/mol. The lowest BCUT2D eigenvalue weighted by atomic mass is 9.95. The highest BCUT2D eigenvalue weighted by molar-refractivity contribution is 5.23. The minimum Gasteiger partial charge on any atom is -0.292 e. The molecule has 21 heavy (non-hydrogen) atoms. The van der Waals surface area contributed by atoms with Gasteiger partial charge in [-0.2, -0.15) is 0 Å². The third-order valence-electron chi connectivity index (χ3n) is 4.50. The first kappa shape index (κ1) is 14.3. The van der Waals surface area contributed by atoms with E-state index < -0.39 is 0 Å². The van der Waals surface area contributed by atoms with Crippen molar-refractivity contribution in [3.63, 3.8) is 0 Å². The van der Waals surface area contributed by atoms with E-state index in [1.54, 1.807) is 0 Å². The Balaban J connectivity index is 1.75. The molecule has 1 aliphatic heterocycles. The molecule has 0 saturated carbocycles. The zero-order valence-corrected chi connectivity index (χ0v) is 12.8. The standard InChI is InChI=1S/C19H24N2/c1-2-16-8-10-17(11-9-16)15-21-13-4-3-7-19(21)18-6-5-12-20-14-18/h5-6,8-12,14,19H,2-4,7,13,15H2,1H3/t19-/m0/s1. The van der Waals surface area contributed by atoms with Gasteiger partial charge in [0.2, 0.25) is 0 Å². The highest BCUT2D eigenvalue weighted by Gasteiger charge is 2.23. The lowest BCUT2D eigenvalue weighted by Crippen LogP contribution is -2.32. The highest BCUT2D eigenvalue weighted by Crippen LogP contribution is 2.31. The van der Waals surface area contributed by atoms with Crippen LogP contribution in [0.3, 0.4) is 0 Å². The van der Waals surface area contributed by atoms with E-state index >= 15 is 0 Å². The van der Waals surface area contributed by atoms with Crippen molar-refractivity contribution in [3.05, 3.63) is 65.5 Å². The Bertz CT molecular complexity index is 548. The van der Waals surface area contributed by atoms with Gasteiger partial charge in [-0.05, 0) is 48.6 Å². The first-order valence-corrected chi connectivity index (χ1v) is 8.08. The van der Waals surface area contributed by atoms with E-state index in [2.05, 4.69) is 53.2 Å². The Labute approximate surface area is 127 Å². The van der Waals surface area contributed by atoms with Gasteiger partial charge in [-0.15, -0.1) is 0 Å². The summed E-state index contributed by atoms with van der Waals surface area (Å²) in [7, 11) is 0. The van der Waals surface area contributed by atoms with Crippen LogP contribution in [0.5, 0.6) is 0 Å². The summed E-state index contributed by atoms with van der Waals surface area (Å²) in [5, 5.41) is 0. The number of aryl methyl sites for hydroxylation is 1. The zero-order chi connectivity index (χ0) is 14.5. The van der Waals surface area contributed by atoms with Crippen LogP contribution in [0.25, 0.3) is 0 Å². The predicted molar refractivity (Wildman–Crippen MR) is 87.1 cm³/mol. The van der Waals surface area contributed by atoms with Crippen LogP contribution in [0.4, 0.5) is 0 Å². The minimum absolute atomic E-state index is 0.526. The number of likely N-dealkylation sites (tertiary alicyclic amines) is 1. The molecule has 0 aliphatic carbocycles. The molecule has 1 saturated heterocycles. The predicted octanol–water partition coefficient (Wildman–Crippen LogP) is 4.37. The fourth-order valence-corrected chi connectivity index (χ4v) is 3.25. The Morgan fingerprint density at radius 2 is 1.90 bits per heavy atom. The second-order valence-corrected chi connectivity index (χ2v) is 5.94. The van der Waals surface area contributed by atoms with Gasteiger partial charge < -0.3 is 0 Å². The Morgan fingerprint density at radius 1 is 1.10 bits per heavy atom. The molecule has 0 spiro atoms. The lowest BCUT2D eigenvalue weighted by molar-refractivity contribution is 0.140. The summed E-state index contributed by atoms with van der Waals surface area (Å²) in [4.78, 5) is 6.91. The fourth-order valence-electron chi connectivity index (χ4n) is 3.25. The van der Waals surface area contributed by atoms with Gasteiger partial charge in [0.1, 0.15) is 0 Å². The van der Waals surface area contributed by atoms with Crippen molar-refractivity contribution in [3.8, 4) is 0 Å². The minimum atomic E-state index is 0.526. The Hall–Kier alpha value is -1.67. The van der Waals surface area contributed by atoms with Gasteiger partial charge in [-0.3, -0.25) is 9.88 Å². The third-order valence-corrected chi connectivity index (χ3v) is 4.50. The maximum absolute atomic E-state index is 4.30. The van der Waals surface area contributed by atoms with E-state index in [-0.39, 0.29) is 0 Å². The molecule has 1 aromatic carbocycles. The molecule has 1 atom stereocenters. The molecule has 1 aromatic heterocycles. The topological polar surface area (TPSA) is 16.1 Å². The molecule has 0 bridgehead atoms. The lowest BCUT2D eigenvalue weighted by Gasteiger charge is -2.36. The molecule has 110 valence electrons. The molecule has 0 unspecified atom stereocenters. The molecule has 2 aromatic rings. The second kappa shape index (κ2) is 6.86. The van der Waals surface area contributed by atoms with Crippen LogP contribution in [-0.2, 0) is 13.0 Å². The average Bonchev–Trinajstić information content (AvgIpc) is 2.57. The van der Waals surface area contributed by atoms with Crippen molar-refractivity contribution < 1.29 is 0 Å². The van der Waals surface area contributed by atoms with Gasteiger partial charge in [0.25, 0.3) is 0 Å². The van der Waals surface area contributed by atoms with E-state index in [0.717, 1.165) is 13.0 Å². The van der Waals surface area contributed by atoms with Crippen molar-refractivity contribution in [2.45, 2.75) is 45.2 Å². The van der Waals surface area contributed by atoms with E-state index in [0.29, 0.717) is 6.04 Å². The number of pyridine rings is 1. The molecule has 0 radical (unpaired) electrons. The van der Waals surface area contributed by atoms with Crippen LogP contribution in [0.1, 0.15) is 48.9 Å². The SMILES string of the molecule is CCc1ccc(CN2CCCC[C@H]2c2cccnc2)cc1. The number of piperidine rings is 1.